The molecule has 1 heterocycles. The fraction of sp³-hybridized carbons (Fsp3) is 0.143. The van der Waals surface area contributed by atoms with Crippen LogP contribution in [0.4, 0.5) is 0 Å². The lowest BCUT2D eigenvalue weighted by Gasteiger charge is -2.00. The summed E-state index contributed by atoms with van der Waals surface area (Å²) in [6, 6.07) is 10.0. The maximum absolute atomic E-state index is 10.8. The molecular formula is C14H13NOS. The van der Waals surface area contributed by atoms with Crippen molar-refractivity contribution >= 4 is 33.9 Å². The lowest BCUT2D eigenvalue weighted by molar-refractivity contribution is -0.109. The Kier molecular flexibility index (Phi) is 3.94. The predicted molar refractivity (Wildman–Crippen MR) is 73.9 cm³/mol. The Morgan fingerprint density at radius 1 is 1.35 bits per heavy atom. The number of thioether (sulfide) groups is 1. The number of para-hydroxylation sites is 1. The Morgan fingerprint density at radius 3 is 3.00 bits per heavy atom. The third kappa shape index (κ3) is 3.17. The van der Waals surface area contributed by atoms with Gasteiger partial charge in [-0.2, -0.15) is 0 Å². The standard InChI is InChI=1S/C14H13NOS/c1-11(16)17-10-4-5-12-8-9-15-14-7-3-2-6-13(12)14/h2-9H,10H2,1H3. The van der Waals surface area contributed by atoms with Crippen molar-refractivity contribution in [1.82, 2.24) is 4.98 Å². The molecule has 3 heteroatoms. The third-order valence-electron chi connectivity index (χ3n) is 2.36. The van der Waals surface area contributed by atoms with Gasteiger partial charge in [-0.1, -0.05) is 42.1 Å². The molecule has 0 radical (unpaired) electrons. The van der Waals surface area contributed by atoms with Crippen molar-refractivity contribution in [3.63, 3.8) is 0 Å². The van der Waals surface area contributed by atoms with E-state index in [1.165, 1.54) is 11.8 Å². The normalized spacial score (nSPS) is 11.1. The van der Waals surface area contributed by atoms with Gasteiger partial charge in [0, 0.05) is 24.3 Å². The summed E-state index contributed by atoms with van der Waals surface area (Å²) in [5.41, 5.74) is 2.13. The van der Waals surface area contributed by atoms with Gasteiger partial charge in [-0.15, -0.1) is 0 Å². The minimum absolute atomic E-state index is 0.147. The monoisotopic (exact) mass is 243 g/mol. The van der Waals surface area contributed by atoms with Gasteiger partial charge in [0.25, 0.3) is 0 Å². The fourth-order valence-electron chi connectivity index (χ4n) is 1.60. The van der Waals surface area contributed by atoms with E-state index in [0.717, 1.165) is 16.5 Å². The molecule has 0 unspecified atom stereocenters. The van der Waals surface area contributed by atoms with Crippen LogP contribution in [-0.4, -0.2) is 15.9 Å². The summed E-state index contributed by atoms with van der Waals surface area (Å²) in [6.45, 7) is 1.58. The first kappa shape index (κ1) is 11.9. The first-order chi connectivity index (χ1) is 8.27. The number of benzene rings is 1. The van der Waals surface area contributed by atoms with Gasteiger partial charge in [-0.05, 0) is 17.7 Å². The number of nitrogens with zero attached hydrogens (tertiary/aromatic N) is 1. The lowest BCUT2D eigenvalue weighted by atomic mass is 10.1. The fourth-order valence-corrected chi connectivity index (χ4v) is 2.03. The average Bonchev–Trinajstić information content (AvgIpc) is 2.34. The van der Waals surface area contributed by atoms with Crippen molar-refractivity contribution in [3.05, 3.63) is 48.2 Å². The molecule has 0 saturated heterocycles. The Labute approximate surface area is 105 Å². The molecule has 2 rings (SSSR count). The number of fused-ring (bicyclic) bond motifs is 1. The summed E-state index contributed by atoms with van der Waals surface area (Å²) >= 11 is 1.31. The van der Waals surface area contributed by atoms with Crippen LogP contribution >= 0.6 is 11.8 Å². The summed E-state index contributed by atoms with van der Waals surface area (Å²) in [5, 5.41) is 1.29. The van der Waals surface area contributed by atoms with E-state index in [-0.39, 0.29) is 5.12 Å². The van der Waals surface area contributed by atoms with Gasteiger partial charge in [0.1, 0.15) is 0 Å². The van der Waals surface area contributed by atoms with E-state index < -0.39 is 0 Å². The highest BCUT2D eigenvalue weighted by Gasteiger charge is 1.97. The topological polar surface area (TPSA) is 30.0 Å². The van der Waals surface area contributed by atoms with E-state index in [1.807, 2.05) is 36.4 Å². The second kappa shape index (κ2) is 5.64. The van der Waals surface area contributed by atoms with Crippen LogP contribution in [0.1, 0.15) is 12.5 Å². The zero-order chi connectivity index (χ0) is 12.1. The van der Waals surface area contributed by atoms with E-state index in [0.29, 0.717) is 5.75 Å². The van der Waals surface area contributed by atoms with Crippen molar-refractivity contribution in [2.75, 3.05) is 5.75 Å². The Morgan fingerprint density at radius 2 is 2.18 bits per heavy atom. The molecule has 86 valence electrons. The molecule has 1 aromatic heterocycles. The molecular weight excluding hydrogens is 230 g/mol. The van der Waals surface area contributed by atoms with E-state index in [1.54, 1.807) is 13.1 Å². The van der Waals surface area contributed by atoms with Gasteiger partial charge < -0.3 is 0 Å². The maximum Gasteiger partial charge on any atom is 0.186 e. The van der Waals surface area contributed by atoms with Crippen LogP contribution in [0.15, 0.2) is 42.6 Å². The van der Waals surface area contributed by atoms with Crippen LogP contribution in [0.2, 0.25) is 0 Å². The minimum atomic E-state index is 0.147. The first-order valence-electron chi connectivity index (χ1n) is 5.41. The molecule has 0 aliphatic carbocycles. The average molecular weight is 243 g/mol. The molecule has 0 bridgehead atoms. The smallest absolute Gasteiger partial charge is 0.186 e. The Bertz CT molecular complexity index is 558. The second-order valence-corrected chi connectivity index (χ2v) is 4.82. The van der Waals surface area contributed by atoms with E-state index in [2.05, 4.69) is 11.1 Å². The third-order valence-corrected chi connectivity index (χ3v) is 3.13. The van der Waals surface area contributed by atoms with Gasteiger partial charge >= 0.3 is 0 Å². The maximum atomic E-state index is 10.8. The number of aromatic nitrogens is 1. The van der Waals surface area contributed by atoms with Crippen LogP contribution in [0, 0.1) is 0 Å². The van der Waals surface area contributed by atoms with Crippen LogP contribution in [0.3, 0.4) is 0 Å². The van der Waals surface area contributed by atoms with Gasteiger partial charge in [0.15, 0.2) is 5.12 Å². The molecule has 0 atom stereocenters. The Balaban J connectivity index is 2.21. The number of pyridine rings is 1. The van der Waals surface area contributed by atoms with Crippen molar-refractivity contribution in [2.24, 2.45) is 0 Å². The summed E-state index contributed by atoms with van der Waals surface area (Å²) < 4.78 is 0. The number of hydrogen-bond donors (Lipinski definition) is 0. The molecule has 0 fully saturated rings. The molecule has 2 aromatic rings. The highest BCUT2D eigenvalue weighted by atomic mass is 32.2. The minimum Gasteiger partial charge on any atom is -0.288 e. The summed E-state index contributed by atoms with van der Waals surface area (Å²) in [6.07, 6.45) is 5.86. The molecule has 1 aromatic carbocycles. The molecule has 0 N–H and O–H groups in total. The number of rotatable bonds is 3. The first-order valence-corrected chi connectivity index (χ1v) is 6.39. The molecule has 2 nitrogen and oxygen atoms in total. The lowest BCUT2D eigenvalue weighted by Crippen LogP contribution is -1.83. The van der Waals surface area contributed by atoms with Crippen molar-refractivity contribution in [1.29, 1.82) is 0 Å². The largest absolute Gasteiger partial charge is 0.288 e. The molecule has 0 spiro atoms. The molecule has 0 amide bonds. The van der Waals surface area contributed by atoms with Crippen molar-refractivity contribution in [3.8, 4) is 0 Å². The SMILES string of the molecule is CC(=O)SCC=Cc1ccnc2ccccc12. The second-order valence-electron chi connectivity index (χ2n) is 3.62. The summed E-state index contributed by atoms with van der Waals surface area (Å²) in [5.74, 6) is 0.714. The quantitative estimate of drug-likeness (QED) is 0.826. The van der Waals surface area contributed by atoms with E-state index in [9.17, 15) is 4.79 Å². The summed E-state index contributed by atoms with van der Waals surface area (Å²) in [4.78, 5) is 15.1. The highest BCUT2D eigenvalue weighted by molar-refractivity contribution is 8.13. The van der Waals surface area contributed by atoms with Crippen LogP contribution in [0.5, 0.6) is 0 Å². The van der Waals surface area contributed by atoms with Crippen molar-refractivity contribution in [2.45, 2.75) is 6.92 Å². The number of hydrogen-bond acceptors (Lipinski definition) is 3. The predicted octanol–water partition coefficient (Wildman–Crippen LogP) is 3.53. The molecule has 17 heavy (non-hydrogen) atoms. The number of carbonyl (C=O) groups is 1. The highest BCUT2D eigenvalue weighted by Crippen LogP contribution is 2.17. The van der Waals surface area contributed by atoms with Crippen LogP contribution in [0.25, 0.3) is 17.0 Å². The Hall–Kier alpha value is -1.61. The van der Waals surface area contributed by atoms with Gasteiger partial charge in [-0.3, -0.25) is 9.78 Å². The molecule has 0 aliphatic rings. The van der Waals surface area contributed by atoms with Crippen molar-refractivity contribution < 1.29 is 4.79 Å². The van der Waals surface area contributed by atoms with Crippen LogP contribution < -0.4 is 0 Å². The molecule has 0 aliphatic heterocycles. The van der Waals surface area contributed by atoms with Gasteiger partial charge in [0.2, 0.25) is 0 Å². The molecule has 0 saturated carbocycles. The zero-order valence-corrected chi connectivity index (χ0v) is 10.4. The van der Waals surface area contributed by atoms with Crippen LogP contribution in [-0.2, 0) is 4.79 Å². The number of carbonyl (C=O) groups excluding carboxylic acids is 1. The van der Waals surface area contributed by atoms with E-state index >= 15 is 0 Å². The zero-order valence-electron chi connectivity index (χ0n) is 9.59. The summed E-state index contributed by atoms with van der Waals surface area (Å²) in [7, 11) is 0. The van der Waals surface area contributed by atoms with Gasteiger partial charge in [0.05, 0.1) is 5.52 Å². The van der Waals surface area contributed by atoms with E-state index in [4.69, 9.17) is 0 Å². The van der Waals surface area contributed by atoms with Gasteiger partial charge in [-0.25, -0.2) is 0 Å².